The van der Waals surface area contributed by atoms with Gasteiger partial charge in [-0.2, -0.15) is 0 Å². The summed E-state index contributed by atoms with van der Waals surface area (Å²) in [5, 5.41) is 9.79. The van der Waals surface area contributed by atoms with E-state index in [2.05, 4.69) is 0 Å². The molecule has 0 saturated heterocycles. The molecule has 0 heterocycles. The molecule has 0 aliphatic rings. The van der Waals surface area contributed by atoms with E-state index in [1.165, 1.54) is 27.4 Å². The van der Waals surface area contributed by atoms with E-state index < -0.39 is 11.9 Å². The first-order valence-electron chi connectivity index (χ1n) is 8.44. The summed E-state index contributed by atoms with van der Waals surface area (Å²) in [6, 6.07) is 14.0. The number of allylic oxidation sites excluding steroid dienone is 1. The van der Waals surface area contributed by atoms with E-state index >= 15 is 0 Å². The molecule has 0 radical (unpaired) electrons. The molecule has 0 bridgehead atoms. The fourth-order valence-corrected chi connectivity index (χ4v) is 2.69. The molecule has 2 aromatic rings. The average Bonchev–Trinajstić information content (AvgIpc) is 2.72. The Morgan fingerprint density at radius 3 is 1.96 bits per heavy atom. The normalized spacial score (nSPS) is 12.1. The van der Waals surface area contributed by atoms with Gasteiger partial charge in [-0.25, -0.2) is 9.59 Å². The first kappa shape index (κ1) is 20.8. The predicted molar refractivity (Wildman–Crippen MR) is 106 cm³/mol. The van der Waals surface area contributed by atoms with E-state index in [0.29, 0.717) is 28.2 Å². The lowest BCUT2D eigenvalue weighted by molar-refractivity contribution is -0.138. The summed E-state index contributed by atoms with van der Waals surface area (Å²) in [6.45, 7) is 1.65. The fourth-order valence-electron chi connectivity index (χ4n) is 2.69. The van der Waals surface area contributed by atoms with Crippen molar-refractivity contribution in [3.63, 3.8) is 0 Å². The van der Waals surface area contributed by atoms with E-state index in [4.69, 9.17) is 14.2 Å². The Morgan fingerprint density at radius 2 is 1.50 bits per heavy atom. The van der Waals surface area contributed by atoms with Crippen LogP contribution in [0.5, 0.6) is 11.5 Å². The summed E-state index contributed by atoms with van der Waals surface area (Å²) in [5.74, 6) is -0.953. The maximum atomic E-state index is 12.5. The zero-order valence-electron chi connectivity index (χ0n) is 16.2. The van der Waals surface area contributed by atoms with Crippen molar-refractivity contribution < 1.29 is 28.9 Å². The Labute approximate surface area is 163 Å². The molecule has 0 aromatic heterocycles. The summed E-state index contributed by atoms with van der Waals surface area (Å²) in [4.78, 5) is 24.5. The Kier molecular flexibility index (Phi) is 6.98. The number of carboxylic acid groups (broad SMARTS) is 1. The lowest BCUT2D eigenvalue weighted by atomic mass is 9.94. The molecule has 0 aliphatic carbocycles. The second kappa shape index (κ2) is 9.41. The van der Waals surface area contributed by atoms with Gasteiger partial charge in [0, 0.05) is 6.07 Å². The summed E-state index contributed by atoms with van der Waals surface area (Å²) in [7, 11) is 4.23. The molecule has 146 valence electrons. The SMILES string of the molecule is COC(=O)C(/C(=C\c1ccccc1)C(=O)O)=C(\C)c1cc(OC)cc(OC)c1. The molecular formula is C22H22O6. The number of esters is 1. The molecule has 0 saturated carbocycles. The molecule has 2 aromatic carbocycles. The van der Waals surface area contributed by atoms with Gasteiger partial charge in [0.05, 0.1) is 32.5 Å². The predicted octanol–water partition coefficient (Wildman–Crippen LogP) is 3.82. The number of carbonyl (C=O) groups is 2. The van der Waals surface area contributed by atoms with Crippen molar-refractivity contribution in [2.75, 3.05) is 21.3 Å². The minimum atomic E-state index is -1.24. The average molecular weight is 382 g/mol. The number of rotatable bonds is 7. The Balaban J connectivity index is 2.75. The third kappa shape index (κ3) is 4.79. The molecule has 0 amide bonds. The van der Waals surface area contributed by atoms with Crippen molar-refractivity contribution in [3.8, 4) is 11.5 Å². The van der Waals surface area contributed by atoms with Gasteiger partial charge in [-0.05, 0) is 41.8 Å². The summed E-state index contributed by atoms with van der Waals surface area (Å²) >= 11 is 0. The zero-order chi connectivity index (χ0) is 20.7. The van der Waals surface area contributed by atoms with E-state index in [1.807, 2.05) is 6.07 Å². The summed E-state index contributed by atoms with van der Waals surface area (Å²) in [5.41, 5.74) is 1.44. The van der Waals surface area contributed by atoms with Crippen LogP contribution in [0.2, 0.25) is 0 Å². The van der Waals surface area contributed by atoms with Crippen LogP contribution in [0.25, 0.3) is 11.6 Å². The van der Waals surface area contributed by atoms with Crippen LogP contribution in [0.15, 0.2) is 59.7 Å². The van der Waals surface area contributed by atoms with Crippen LogP contribution in [-0.4, -0.2) is 38.4 Å². The topological polar surface area (TPSA) is 82.1 Å². The number of hydrogen-bond acceptors (Lipinski definition) is 5. The van der Waals surface area contributed by atoms with Crippen LogP contribution < -0.4 is 9.47 Å². The van der Waals surface area contributed by atoms with Crippen molar-refractivity contribution in [2.45, 2.75) is 6.92 Å². The molecule has 0 spiro atoms. The van der Waals surface area contributed by atoms with Crippen LogP contribution in [0, 0.1) is 0 Å². The van der Waals surface area contributed by atoms with E-state index in [9.17, 15) is 14.7 Å². The van der Waals surface area contributed by atoms with Crippen LogP contribution in [0.1, 0.15) is 18.1 Å². The largest absolute Gasteiger partial charge is 0.497 e. The molecule has 6 nitrogen and oxygen atoms in total. The molecule has 0 aliphatic heterocycles. The van der Waals surface area contributed by atoms with Gasteiger partial charge in [0.2, 0.25) is 0 Å². The number of benzene rings is 2. The minimum absolute atomic E-state index is 0.0471. The maximum absolute atomic E-state index is 12.5. The first-order valence-corrected chi connectivity index (χ1v) is 8.44. The zero-order valence-corrected chi connectivity index (χ0v) is 16.2. The summed E-state index contributed by atoms with van der Waals surface area (Å²) < 4.78 is 15.4. The van der Waals surface area contributed by atoms with Crippen molar-refractivity contribution in [1.82, 2.24) is 0 Å². The van der Waals surface area contributed by atoms with Gasteiger partial charge in [0.1, 0.15) is 11.5 Å². The van der Waals surface area contributed by atoms with E-state index in [-0.39, 0.29) is 11.1 Å². The van der Waals surface area contributed by atoms with Gasteiger partial charge >= 0.3 is 11.9 Å². The fraction of sp³-hybridized carbons (Fsp3) is 0.182. The highest BCUT2D eigenvalue weighted by Crippen LogP contribution is 2.31. The van der Waals surface area contributed by atoms with Crippen molar-refractivity contribution >= 4 is 23.6 Å². The van der Waals surface area contributed by atoms with Crippen LogP contribution in [0.3, 0.4) is 0 Å². The van der Waals surface area contributed by atoms with Gasteiger partial charge < -0.3 is 19.3 Å². The Morgan fingerprint density at radius 1 is 0.929 bits per heavy atom. The second-order valence-corrected chi connectivity index (χ2v) is 5.87. The second-order valence-electron chi connectivity index (χ2n) is 5.87. The number of aliphatic carboxylic acids is 1. The minimum Gasteiger partial charge on any atom is -0.497 e. The highest BCUT2D eigenvalue weighted by atomic mass is 16.5. The Bertz CT molecular complexity index is 903. The number of carboxylic acids is 1. The van der Waals surface area contributed by atoms with Crippen molar-refractivity contribution in [2.24, 2.45) is 0 Å². The molecular weight excluding hydrogens is 360 g/mol. The lowest BCUT2D eigenvalue weighted by Gasteiger charge is -2.14. The van der Waals surface area contributed by atoms with Crippen molar-refractivity contribution in [3.05, 3.63) is 70.8 Å². The quantitative estimate of drug-likeness (QED) is 0.445. The molecule has 0 fully saturated rings. The van der Waals surface area contributed by atoms with Crippen LogP contribution in [-0.2, 0) is 14.3 Å². The van der Waals surface area contributed by atoms with Gasteiger partial charge in [-0.15, -0.1) is 0 Å². The van der Waals surface area contributed by atoms with Gasteiger partial charge in [-0.1, -0.05) is 30.3 Å². The monoisotopic (exact) mass is 382 g/mol. The maximum Gasteiger partial charge on any atom is 0.339 e. The highest BCUT2D eigenvalue weighted by molar-refractivity contribution is 6.14. The molecule has 1 N–H and O–H groups in total. The number of carbonyl (C=O) groups excluding carboxylic acids is 1. The highest BCUT2D eigenvalue weighted by Gasteiger charge is 2.25. The summed E-state index contributed by atoms with van der Waals surface area (Å²) in [6.07, 6.45) is 1.44. The smallest absolute Gasteiger partial charge is 0.339 e. The van der Waals surface area contributed by atoms with Crippen LogP contribution >= 0.6 is 0 Å². The number of ether oxygens (including phenoxy) is 3. The van der Waals surface area contributed by atoms with E-state index in [0.717, 1.165) is 0 Å². The third-order valence-electron chi connectivity index (χ3n) is 4.16. The van der Waals surface area contributed by atoms with Crippen molar-refractivity contribution in [1.29, 1.82) is 0 Å². The van der Waals surface area contributed by atoms with E-state index in [1.54, 1.807) is 49.4 Å². The standard InChI is InChI=1S/C22H22O6/c1-14(16-11-17(26-2)13-18(12-16)27-3)20(22(25)28-4)19(21(23)24)10-15-8-6-5-7-9-15/h5-13H,1-4H3,(H,23,24)/b19-10+,20-14+. The molecule has 6 heteroatoms. The van der Waals surface area contributed by atoms with Crippen LogP contribution in [0.4, 0.5) is 0 Å². The Hall–Kier alpha value is -3.54. The molecule has 0 unspecified atom stereocenters. The third-order valence-corrected chi connectivity index (χ3v) is 4.16. The van der Waals surface area contributed by atoms with Gasteiger partial charge in [0.25, 0.3) is 0 Å². The molecule has 2 rings (SSSR count). The molecule has 28 heavy (non-hydrogen) atoms. The van der Waals surface area contributed by atoms with Gasteiger partial charge in [0.15, 0.2) is 0 Å². The number of hydrogen-bond donors (Lipinski definition) is 1. The first-order chi connectivity index (χ1) is 13.4. The molecule has 0 atom stereocenters. The number of methoxy groups -OCH3 is 3. The van der Waals surface area contributed by atoms with Gasteiger partial charge in [-0.3, -0.25) is 0 Å². The lowest BCUT2D eigenvalue weighted by Crippen LogP contribution is -2.15.